The lowest BCUT2D eigenvalue weighted by atomic mass is 10.1. The van der Waals surface area contributed by atoms with Crippen LogP contribution in [0.25, 0.3) is 11.6 Å². The summed E-state index contributed by atoms with van der Waals surface area (Å²) in [6.45, 7) is 0. The highest BCUT2D eigenvalue weighted by molar-refractivity contribution is 6.30. The molecule has 3 rings (SSSR count). The van der Waals surface area contributed by atoms with E-state index in [1.165, 1.54) is 0 Å². The molecule has 6 nitrogen and oxygen atoms in total. The van der Waals surface area contributed by atoms with Gasteiger partial charge in [0.25, 0.3) is 0 Å². The molecule has 0 amide bonds. The fraction of sp³-hybridized carbons (Fsp3) is 0. The van der Waals surface area contributed by atoms with E-state index >= 15 is 0 Å². The number of hydrogen-bond acceptors (Lipinski definition) is 6. The van der Waals surface area contributed by atoms with Crippen molar-refractivity contribution in [2.24, 2.45) is 0 Å². The first-order valence-electron chi connectivity index (χ1n) is 7.35. The molecule has 0 atom stereocenters. The van der Waals surface area contributed by atoms with Crippen LogP contribution in [0.2, 0.25) is 5.02 Å². The monoisotopic (exact) mass is 348 g/mol. The third-order valence-electron chi connectivity index (χ3n) is 3.20. The molecule has 3 aromatic rings. The molecule has 122 valence electrons. The predicted octanol–water partition coefficient (Wildman–Crippen LogP) is 3.91. The van der Waals surface area contributed by atoms with Crippen LogP contribution in [0.15, 0.2) is 54.6 Å². The summed E-state index contributed by atoms with van der Waals surface area (Å²) in [5.41, 5.74) is 7.59. The van der Waals surface area contributed by atoms with Gasteiger partial charge in [-0.15, -0.1) is 0 Å². The summed E-state index contributed by atoms with van der Waals surface area (Å²) in [5.74, 6) is 0.477. The summed E-state index contributed by atoms with van der Waals surface area (Å²) >= 11 is 5.97. The number of para-hydroxylation sites is 1. The lowest BCUT2D eigenvalue weighted by Crippen LogP contribution is -2.06. The molecule has 0 fully saturated rings. The Hall–Kier alpha value is -3.43. The Morgan fingerprint density at radius 3 is 2.60 bits per heavy atom. The minimum atomic E-state index is 0.0238. The van der Waals surface area contributed by atoms with Gasteiger partial charge in [-0.1, -0.05) is 41.9 Å². The molecule has 7 heteroatoms. The van der Waals surface area contributed by atoms with Crippen molar-refractivity contribution in [3.63, 3.8) is 0 Å². The minimum absolute atomic E-state index is 0.0238. The van der Waals surface area contributed by atoms with Crippen LogP contribution in [0.1, 0.15) is 11.4 Å². The van der Waals surface area contributed by atoms with Crippen LogP contribution in [0.3, 0.4) is 0 Å². The van der Waals surface area contributed by atoms with Crippen molar-refractivity contribution in [1.29, 1.82) is 5.26 Å². The van der Waals surface area contributed by atoms with Crippen molar-refractivity contribution >= 4 is 40.8 Å². The van der Waals surface area contributed by atoms with Crippen LogP contribution < -0.4 is 11.1 Å². The summed E-state index contributed by atoms with van der Waals surface area (Å²) in [6.07, 6.45) is 1.65. The Balaban J connectivity index is 1.96. The Bertz CT molecular complexity index is 963. The number of nitrogen functional groups attached to an aromatic ring is 1. The van der Waals surface area contributed by atoms with Gasteiger partial charge in [0.15, 0.2) is 5.82 Å². The number of halogens is 1. The van der Waals surface area contributed by atoms with Gasteiger partial charge in [0, 0.05) is 10.7 Å². The second-order valence-electron chi connectivity index (χ2n) is 5.06. The molecule has 2 aromatic carbocycles. The number of nitriles is 1. The molecule has 1 aromatic heterocycles. The number of allylic oxidation sites excluding steroid dienone is 1. The fourth-order valence-corrected chi connectivity index (χ4v) is 2.33. The maximum atomic E-state index is 9.47. The van der Waals surface area contributed by atoms with Crippen LogP contribution in [0.4, 0.5) is 17.6 Å². The number of aromatic nitrogens is 3. The van der Waals surface area contributed by atoms with Gasteiger partial charge >= 0.3 is 0 Å². The molecular weight excluding hydrogens is 336 g/mol. The number of anilines is 3. The number of nitrogens with zero attached hydrogens (tertiary/aromatic N) is 4. The Kier molecular flexibility index (Phi) is 4.88. The lowest BCUT2D eigenvalue weighted by Gasteiger charge is -2.07. The van der Waals surface area contributed by atoms with E-state index in [1.807, 2.05) is 36.4 Å². The van der Waals surface area contributed by atoms with Crippen LogP contribution in [-0.4, -0.2) is 15.0 Å². The first-order valence-corrected chi connectivity index (χ1v) is 7.73. The van der Waals surface area contributed by atoms with Gasteiger partial charge < -0.3 is 11.1 Å². The molecule has 1 heterocycles. The zero-order valence-electron chi connectivity index (χ0n) is 13.0. The van der Waals surface area contributed by atoms with E-state index in [2.05, 4.69) is 26.3 Å². The molecule has 25 heavy (non-hydrogen) atoms. The molecular formula is C18H13ClN6. The van der Waals surface area contributed by atoms with Crippen LogP contribution in [-0.2, 0) is 0 Å². The maximum Gasteiger partial charge on any atom is 0.232 e. The van der Waals surface area contributed by atoms with E-state index in [4.69, 9.17) is 17.3 Å². The average molecular weight is 349 g/mol. The van der Waals surface area contributed by atoms with E-state index < -0.39 is 0 Å². The molecule has 0 aliphatic carbocycles. The van der Waals surface area contributed by atoms with Gasteiger partial charge in [0.2, 0.25) is 11.9 Å². The molecule has 0 aliphatic rings. The van der Waals surface area contributed by atoms with Crippen molar-refractivity contribution in [2.75, 3.05) is 11.1 Å². The van der Waals surface area contributed by atoms with Crippen molar-refractivity contribution < 1.29 is 0 Å². The topological polar surface area (TPSA) is 101 Å². The summed E-state index contributed by atoms with van der Waals surface area (Å²) in [6, 6.07) is 18.6. The van der Waals surface area contributed by atoms with Crippen LogP contribution in [0, 0.1) is 11.3 Å². The lowest BCUT2D eigenvalue weighted by molar-refractivity contribution is 1.04. The largest absolute Gasteiger partial charge is 0.368 e. The number of rotatable bonds is 4. The number of nitrogens with one attached hydrogen (secondary N) is 1. The number of nitrogens with two attached hydrogens (primary N) is 1. The molecule has 0 saturated heterocycles. The van der Waals surface area contributed by atoms with E-state index in [0.717, 1.165) is 11.3 Å². The van der Waals surface area contributed by atoms with Crippen LogP contribution >= 0.6 is 11.6 Å². The van der Waals surface area contributed by atoms with Crippen molar-refractivity contribution in [2.45, 2.75) is 0 Å². The Morgan fingerprint density at radius 1 is 1.08 bits per heavy atom. The zero-order chi connectivity index (χ0) is 17.6. The van der Waals surface area contributed by atoms with Gasteiger partial charge in [0.1, 0.15) is 6.07 Å². The quantitative estimate of drug-likeness (QED) is 0.693. The third kappa shape index (κ3) is 4.31. The number of hydrogen-bond donors (Lipinski definition) is 2. The average Bonchev–Trinajstić information content (AvgIpc) is 2.60. The van der Waals surface area contributed by atoms with Gasteiger partial charge in [-0.2, -0.15) is 20.2 Å². The minimum Gasteiger partial charge on any atom is -0.368 e. The fourth-order valence-electron chi connectivity index (χ4n) is 2.13. The summed E-state index contributed by atoms with van der Waals surface area (Å²) < 4.78 is 0. The zero-order valence-corrected chi connectivity index (χ0v) is 13.8. The molecule has 0 aliphatic heterocycles. The van der Waals surface area contributed by atoms with Gasteiger partial charge in [0.05, 0.1) is 5.57 Å². The normalized spacial score (nSPS) is 11.0. The molecule has 0 unspecified atom stereocenters. The summed E-state index contributed by atoms with van der Waals surface area (Å²) in [4.78, 5) is 12.4. The SMILES string of the molecule is N#C/C(=C\c1cccc(Cl)c1)c1nc(N)nc(Nc2ccccc2)n1. The standard InChI is InChI=1S/C18H13ClN6/c19-14-6-4-5-12(10-14)9-13(11-20)16-23-17(21)25-18(24-16)22-15-7-2-1-3-8-15/h1-10H,(H3,21,22,23,24,25)/b13-9+. The van der Waals surface area contributed by atoms with Crippen molar-refractivity contribution in [3.8, 4) is 6.07 Å². The van der Waals surface area contributed by atoms with Gasteiger partial charge in [-0.3, -0.25) is 0 Å². The molecule has 0 spiro atoms. The smallest absolute Gasteiger partial charge is 0.232 e. The van der Waals surface area contributed by atoms with E-state index in [-0.39, 0.29) is 23.3 Å². The van der Waals surface area contributed by atoms with E-state index in [1.54, 1.807) is 24.3 Å². The van der Waals surface area contributed by atoms with Gasteiger partial charge in [-0.25, -0.2) is 0 Å². The molecule has 3 N–H and O–H groups in total. The highest BCUT2D eigenvalue weighted by atomic mass is 35.5. The van der Waals surface area contributed by atoms with Crippen molar-refractivity contribution in [1.82, 2.24) is 15.0 Å². The van der Waals surface area contributed by atoms with Crippen molar-refractivity contribution in [3.05, 3.63) is 71.0 Å². The third-order valence-corrected chi connectivity index (χ3v) is 3.44. The number of benzene rings is 2. The second-order valence-corrected chi connectivity index (χ2v) is 5.49. The summed E-state index contributed by atoms with van der Waals surface area (Å²) in [5, 5.41) is 13.1. The highest BCUT2D eigenvalue weighted by Crippen LogP contribution is 2.20. The maximum absolute atomic E-state index is 9.47. The Morgan fingerprint density at radius 2 is 1.88 bits per heavy atom. The molecule has 0 bridgehead atoms. The van der Waals surface area contributed by atoms with E-state index in [9.17, 15) is 5.26 Å². The first kappa shape index (κ1) is 16.4. The molecule has 0 radical (unpaired) electrons. The Labute approximate surface area is 149 Å². The molecule has 0 saturated carbocycles. The van der Waals surface area contributed by atoms with Crippen LogP contribution in [0.5, 0.6) is 0 Å². The second kappa shape index (κ2) is 7.43. The van der Waals surface area contributed by atoms with Gasteiger partial charge in [-0.05, 0) is 35.9 Å². The van der Waals surface area contributed by atoms with E-state index in [0.29, 0.717) is 5.02 Å². The summed E-state index contributed by atoms with van der Waals surface area (Å²) in [7, 11) is 0. The predicted molar refractivity (Wildman–Crippen MR) is 98.9 cm³/mol. The highest BCUT2D eigenvalue weighted by Gasteiger charge is 2.10. The first-order chi connectivity index (χ1) is 12.1.